The van der Waals surface area contributed by atoms with E-state index in [0.29, 0.717) is 0 Å². The van der Waals surface area contributed by atoms with Crippen molar-refractivity contribution < 1.29 is 4.57 Å². The van der Waals surface area contributed by atoms with Gasteiger partial charge in [-0.1, -0.05) is 34.9 Å². The molecule has 1 atom stereocenters. The Morgan fingerprint density at radius 1 is 1.08 bits per heavy atom. The van der Waals surface area contributed by atoms with Gasteiger partial charge in [-0.2, -0.15) is 0 Å². The molecule has 0 aliphatic rings. The summed E-state index contributed by atoms with van der Waals surface area (Å²) < 4.78 is 10.2. The highest BCUT2D eigenvalue weighted by Gasteiger charge is 1.94. The minimum absolute atomic E-state index is 0.125. The molecular formula is C10H14OP+. The van der Waals surface area contributed by atoms with Gasteiger partial charge >= 0.3 is 8.46 Å². The SMILES string of the molecule is O=[PH+]CCCCc1ccccc1. The summed E-state index contributed by atoms with van der Waals surface area (Å²) in [6.45, 7) is 0. The van der Waals surface area contributed by atoms with Crippen LogP contribution in [0.2, 0.25) is 0 Å². The quantitative estimate of drug-likeness (QED) is 0.504. The Bertz CT molecular complexity index is 221. The van der Waals surface area contributed by atoms with E-state index in [-0.39, 0.29) is 8.46 Å². The second kappa shape index (κ2) is 5.91. The Morgan fingerprint density at radius 3 is 2.50 bits per heavy atom. The van der Waals surface area contributed by atoms with Crippen molar-refractivity contribution in [3.05, 3.63) is 35.9 Å². The highest BCUT2D eigenvalue weighted by molar-refractivity contribution is 7.23. The zero-order valence-electron chi connectivity index (χ0n) is 7.12. The van der Waals surface area contributed by atoms with E-state index in [1.54, 1.807) is 0 Å². The van der Waals surface area contributed by atoms with Gasteiger partial charge < -0.3 is 0 Å². The van der Waals surface area contributed by atoms with Gasteiger partial charge in [-0.15, -0.1) is 0 Å². The van der Waals surface area contributed by atoms with E-state index < -0.39 is 0 Å². The Morgan fingerprint density at radius 2 is 1.83 bits per heavy atom. The molecule has 0 aliphatic carbocycles. The van der Waals surface area contributed by atoms with Crippen LogP contribution in [0, 0.1) is 0 Å². The lowest BCUT2D eigenvalue weighted by molar-refractivity contribution is 0.596. The van der Waals surface area contributed by atoms with Crippen molar-refractivity contribution in [3.63, 3.8) is 0 Å². The average molecular weight is 181 g/mol. The average Bonchev–Trinajstić information content (AvgIpc) is 2.14. The minimum atomic E-state index is -0.125. The van der Waals surface area contributed by atoms with Gasteiger partial charge in [0.05, 0.1) is 0 Å². The molecule has 0 radical (unpaired) electrons. The molecule has 12 heavy (non-hydrogen) atoms. The topological polar surface area (TPSA) is 17.1 Å². The molecule has 0 aromatic heterocycles. The van der Waals surface area contributed by atoms with Crippen LogP contribution in [0.3, 0.4) is 0 Å². The van der Waals surface area contributed by atoms with Crippen LogP contribution >= 0.6 is 8.46 Å². The third-order valence-electron chi connectivity index (χ3n) is 1.84. The van der Waals surface area contributed by atoms with Crippen LogP contribution in [0.5, 0.6) is 0 Å². The summed E-state index contributed by atoms with van der Waals surface area (Å²) in [5.74, 6) is 0. The lowest BCUT2D eigenvalue weighted by atomic mass is 10.1. The smallest absolute Gasteiger partial charge is 0.0775 e. The van der Waals surface area contributed by atoms with Crippen LogP contribution in [0.4, 0.5) is 0 Å². The summed E-state index contributed by atoms with van der Waals surface area (Å²) in [4.78, 5) is 0. The van der Waals surface area contributed by atoms with Gasteiger partial charge in [-0.25, -0.2) is 0 Å². The molecule has 0 amide bonds. The van der Waals surface area contributed by atoms with Crippen molar-refractivity contribution in [1.29, 1.82) is 0 Å². The van der Waals surface area contributed by atoms with E-state index in [1.807, 2.05) is 6.07 Å². The molecule has 2 heteroatoms. The fraction of sp³-hybridized carbons (Fsp3) is 0.400. The Kier molecular flexibility index (Phi) is 4.63. The van der Waals surface area contributed by atoms with E-state index in [9.17, 15) is 4.57 Å². The van der Waals surface area contributed by atoms with Crippen LogP contribution < -0.4 is 0 Å². The van der Waals surface area contributed by atoms with Gasteiger partial charge in [0.1, 0.15) is 6.16 Å². The predicted molar refractivity (Wildman–Crippen MR) is 53.2 cm³/mol. The number of aryl methyl sites for hydroxylation is 1. The lowest BCUT2D eigenvalue weighted by Gasteiger charge is -1.96. The first-order valence-electron chi connectivity index (χ1n) is 4.32. The van der Waals surface area contributed by atoms with Gasteiger partial charge in [0, 0.05) is 0 Å². The summed E-state index contributed by atoms with van der Waals surface area (Å²) in [7, 11) is -0.125. The van der Waals surface area contributed by atoms with Crippen LogP contribution in [0.25, 0.3) is 0 Å². The first-order chi connectivity index (χ1) is 5.93. The van der Waals surface area contributed by atoms with Crippen molar-refractivity contribution in [2.75, 3.05) is 6.16 Å². The van der Waals surface area contributed by atoms with Crippen LogP contribution in [0.15, 0.2) is 30.3 Å². The Hall–Kier alpha value is -0.680. The molecule has 0 aliphatic heterocycles. The highest BCUT2D eigenvalue weighted by Crippen LogP contribution is 2.06. The molecule has 1 nitrogen and oxygen atoms in total. The van der Waals surface area contributed by atoms with Crippen molar-refractivity contribution in [2.45, 2.75) is 19.3 Å². The van der Waals surface area contributed by atoms with E-state index in [4.69, 9.17) is 0 Å². The fourth-order valence-electron chi connectivity index (χ4n) is 1.17. The molecule has 0 bridgehead atoms. The molecule has 1 aromatic carbocycles. The van der Waals surface area contributed by atoms with E-state index in [0.717, 1.165) is 25.4 Å². The van der Waals surface area contributed by atoms with Crippen molar-refractivity contribution in [2.24, 2.45) is 0 Å². The zero-order valence-corrected chi connectivity index (χ0v) is 8.12. The maximum atomic E-state index is 10.2. The monoisotopic (exact) mass is 181 g/mol. The summed E-state index contributed by atoms with van der Waals surface area (Å²) in [6, 6.07) is 10.4. The van der Waals surface area contributed by atoms with Gasteiger partial charge in [-0.3, -0.25) is 0 Å². The maximum absolute atomic E-state index is 10.2. The lowest BCUT2D eigenvalue weighted by Crippen LogP contribution is -1.84. The molecule has 0 heterocycles. The van der Waals surface area contributed by atoms with E-state index in [2.05, 4.69) is 24.3 Å². The third kappa shape index (κ3) is 3.64. The van der Waals surface area contributed by atoms with E-state index >= 15 is 0 Å². The highest BCUT2D eigenvalue weighted by atomic mass is 31.1. The second-order valence-electron chi connectivity index (χ2n) is 2.84. The van der Waals surface area contributed by atoms with E-state index in [1.165, 1.54) is 5.56 Å². The summed E-state index contributed by atoms with van der Waals surface area (Å²) >= 11 is 0. The largest absolute Gasteiger partial charge is 0.324 e. The molecule has 0 N–H and O–H groups in total. The first-order valence-corrected chi connectivity index (χ1v) is 5.44. The van der Waals surface area contributed by atoms with Crippen LogP contribution in [-0.2, 0) is 11.0 Å². The van der Waals surface area contributed by atoms with Crippen molar-refractivity contribution in [1.82, 2.24) is 0 Å². The van der Waals surface area contributed by atoms with Gasteiger partial charge in [0.2, 0.25) is 0 Å². The predicted octanol–water partition coefficient (Wildman–Crippen LogP) is 3.03. The molecular weight excluding hydrogens is 167 g/mol. The number of benzene rings is 1. The van der Waals surface area contributed by atoms with Gasteiger partial charge in [0.15, 0.2) is 0 Å². The molecule has 64 valence electrons. The molecule has 1 aromatic rings. The summed E-state index contributed by atoms with van der Waals surface area (Å²) in [5, 5.41) is 0. The molecule has 0 spiro atoms. The number of hydrogen-bond acceptors (Lipinski definition) is 1. The van der Waals surface area contributed by atoms with Gasteiger partial charge in [-0.05, 0) is 24.8 Å². The zero-order chi connectivity index (χ0) is 8.65. The molecule has 1 rings (SSSR count). The first kappa shape index (κ1) is 9.41. The number of hydrogen-bond donors (Lipinski definition) is 0. The molecule has 0 saturated carbocycles. The minimum Gasteiger partial charge on any atom is -0.0775 e. The second-order valence-corrected chi connectivity index (χ2v) is 3.63. The molecule has 1 unspecified atom stereocenters. The van der Waals surface area contributed by atoms with Gasteiger partial charge in [0.25, 0.3) is 0 Å². The summed E-state index contributed by atoms with van der Waals surface area (Å²) in [5.41, 5.74) is 1.38. The summed E-state index contributed by atoms with van der Waals surface area (Å²) in [6.07, 6.45) is 4.20. The number of rotatable bonds is 5. The maximum Gasteiger partial charge on any atom is 0.324 e. The number of unbranched alkanes of at least 4 members (excludes halogenated alkanes) is 1. The van der Waals surface area contributed by atoms with Crippen molar-refractivity contribution in [3.8, 4) is 0 Å². The fourth-order valence-corrected chi connectivity index (χ4v) is 1.57. The van der Waals surface area contributed by atoms with Crippen molar-refractivity contribution >= 4 is 8.46 Å². The molecule has 0 saturated heterocycles. The standard InChI is InChI=1S/C10H13OP/c11-12-9-5-4-8-10-6-2-1-3-7-10/h1-3,6-7H,4-5,8-9H2/p+1. The Labute approximate surface area is 75.0 Å². The van der Waals surface area contributed by atoms with Crippen LogP contribution in [-0.4, -0.2) is 6.16 Å². The molecule has 0 fully saturated rings. The third-order valence-corrected chi connectivity index (χ3v) is 2.39. The normalized spacial score (nSPS) is 10.3. The van der Waals surface area contributed by atoms with Crippen LogP contribution in [0.1, 0.15) is 18.4 Å². The Balaban J connectivity index is 2.20.